The molecular weight excluding hydrogens is 587 g/mol. The van der Waals surface area contributed by atoms with Crippen LogP contribution >= 0.6 is 0 Å². The Hall–Kier alpha value is -5.75. The lowest BCUT2D eigenvalue weighted by molar-refractivity contribution is 0.0702. The van der Waals surface area contributed by atoms with Gasteiger partial charge >= 0.3 is 5.97 Å². The molecule has 1 unspecified atom stereocenters. The third-order valence-electron chi connectivity index (χ3n) is 8.15. The van der Waals surface area contributed by atoms with Gasteiger partial charge in [-0.15, -0.1) is 0 Å². The Labute approximate surface area is 265 Å². The van der Waals surface area contributed by atoms with E-state index in [1.54, 1.807) is 54.6 Å². The molecule has 0 aliphatic carbocycles. The summed E-state index contributed by atoms with van der Waals surface area (Å²) in [6.07, 6.45) is 0. The fraction of sp³-hybridized carbons (Fsp3) is 0.189. The first-order chi connectivity index (χ1) is 22.2. The second kappa shape index (κ2) is 12.3. The molecule has 1 atom stereocenters. The second-order valence-electron chi connectivity index (χ2n) is 11.0. The molecule has 232 valence electrons. The van der Waals surface area contributed by atoms with Crippen LogP contribution in [-0.4, -0.2) is 12.6 Å². The molecule has 2 N–H and O–H groups in total. The summed E-state index contributed by atoms with van der Waals surface area (Å²) in [6.45, 7) is 7.95. The number of aryl methyl sites for hydroxylation is 3. The van der Waals surface area contributed by atoms with E-state index in [1.165, 1.54) is 6.07 Å². The van der Waals surface area contributed by atoms with Gasteiger partial charge in [-0.05, 0) is 68.7 Å². The predicted molar refractivity (Wildman–Crippen MR) is 169 cm³/mol. The summed E-state index contributed by atoms with van der Waals surface area (Å²) in [4.78, 5) is 13.2. The maximum Gasteiger partial charge on any atom is 0.379 e. The first kappa shape index (κ1) is 30.3. The topological polar surface area (TPSA) is 117 Å². The predicted octanol–water partition coefficient (Wildman–Crippen LogP) is 7.91. The highest BCUT2D eigenvalue weighted by Gasteiger charge is 2.32. The van der Waals surface area contributed by atoms with Crippen molar-refractivity contribution in [2.24, 2.45) is 5.73 Å². The quantitative estimate of drug-likeness (QED) is 0.138. The molecular formula is C37H31FN2O6. The van der Waals surface area contributed by atoms with Crippen LogP contribution in [0.25, 0.3) is 11.0 Å². The molecule has 9 heteroatoms. The fourth-order valence-electron chi connectivity index (χ4n) is 5.57. The van der Waals surface area contributed by atoms with Crippen LogP contribution in [0, 0.1) is 37.9 Å². The number of hydrogen-bond acceptors (Lipinski definition) is 8. The van der Waals surface area contributed by atoms with Gasteiger partial charge in [-0.2, -0.15) is 5.26 Å². The van der Waals surface area contributed by atoms with Crippen LogP contribution in [0.3, 0.4) is 0 Å². The van der Waals surface area contributed by atoms with Gasteiger partial charge in [-0.25, -0.2) is 9.18 Å². The summed E-state index contributed by atoms with van der Waals surface area (Å²) in [6, 6.07) is 22.7. The van der Waals surface area contributed by atoms with Gasteiger partial charge < -0.3 is 29.1 Å². The Bertz CT molecular complexity index is 2070. The molecule has 8 nitrogen and oxygen atoms in total. The third-order valence-corrected chi connectivity index (χ3v) is 8.15. The SMILES string of the molecule is CCOc1cc(C2C(C#N)=C(N)Oc3cc(OC(=O)c4oc5c(C)c(C)ccc5c4C)ccc32)ccc1OCc1ccccc1F. The summed E-state index contributed by atoms with van der Waals surface area (Å²) < 4.78 is 43.5. The highest BCUT2D eigenvalue weighted by molar-refractivity contribution is 5.98. The van der Waals surface area contributed by atoms with Gasteiger partial charge in [0.15, 0.2) is 11.5 Å². The summed E-state index contributed by atoms with van der Waals surface area (Å²) >= 11 is 0. The van der Waals surface area contributed by atoms with Gasteiger partial charge in [0.25, 0.3) is 0 Å². The third kappa shape index (κ3) is 5.50. The van der Waals surface area contributed by atoms with Crippen molar-refractivity contribution in [3.8, 4) is 29.1 Å². The summed E-state index contributed by atoms with van der Waals surface area (Å²) in [5.41, 5.74) is 11.5. The van der Waals surface area contributed by atoms with Crippen LogP contribution in [0.15, 0.2) is 88.7 Å². The zero-order valence-corrected chi connectivity index (χ0v) is 25.8. The van der Waals surface area contributed by atoms with Gasteiger partial charge in [0.2, 0.25) is 11.6 Å². The molecule has 0 amide bonds. The second-order valence-corrected chi connectivity index (χ2v) is 11.0. The van der Waals surface area contributed by atoms with Crippen LogP contribution in [0.4, 0.5) is 4.39 Å². The first-order valence-corrected chi connectivity index (χ1v) is 14.8. The number of benzene rings is 4. The Balaban J connectivity index is 1.30. The maximum atomic E-state index is 14.2. The Morgan fingerprint density at radius 3 is 2.54 bits per heavy atom. The number of nitriles is 1. The zero-order chi connectivity index (χ0) is 32.5. The maximum absolute atomic E-state index is 14.2. The molecule has 0 fully saturated rings. The van der Waals surface area contributed by atoms with Gasteiger partial charge in [0.1, 0.15) is 41.1 Å². The van der Waals surface area contributed by atoms with Crippen molar-refractivity contribution in [1.29, 1.82) is 5.26 Å². The number of furan rings is 1. The van der Waals surface area contributed by atoms with E-state index in [-0.39, 0.29) is 35.4 Å². The standard InChI is InChI=1S/C37H31FN2O6/c1-5-42-32-16-23(11-15-30(32)43-19-24-8-6-7-9-29(24)38)33-27-14-12-25(17-31(27)45-36(40)28(33)18-39)44-37(41)35-22(4)26-13-10-20(2)21(3)34(26)46-35/h6-17,33H,5,19,40H2,1-4H3. The number of halogens is 1. The molecule has 0 spiro atoms. The molecule has 46 heavy (non-hydrogen) atoms. The highest BCUT2D eigenvalue weighted by atomic mass is 19.1. The minimum absolute atomic E-state index is 0.0107. The van der Waals surface area contributed by atoms with E-state index in [9.17, 15) is 14.4 Å². The van der Waals surface area contributed by atoms with Crippen LogP contribution < -0.4 is 24.7 Å². The minimum Gasteiger partial charge on any atom is -0.490 e. The summed E-state index contributed by atoms with van der Waals surface area (Å²) in [5, 5.41) is 10.9. The lowest BCUT2D eigenvalue weighted by atomic mass is 9.83. The van der Waals surface area contributed by atoms with Crippen LogP contribution in [0.5, 0.6) is 23.0 Å². The van der Waals surface area contributed by atoms with Crippen molar-refractivity contribution in [3.63, 3.8) is 0 Å². The van der Waals surface area contributed by atoms with E-state index < -0.39 is 11.9 Å². The number of esters is 1. The van der Waals surface area contributed by atoms with E-state index in [2.05, 4.69) is 6.07 Å². The van der Waals surface area contributed by atoms with Crippen molar-refractivity contribution in [2.45, 2.75) is 40.2 Å². The lowest BCUT2D eigenvalue weighted by Gasteiger charge is -2.27. The molecule has 0 saturated carbocycles. The molecule has 0 radical (unpaired) electrons. The minimum atomic E-state index is -0.647. The average Bonchev–Trinajstić information content (AvgIpc) is 3.39. The molecule has 2 heterocycles. The number of allylic oxidation sites excluding steroid dienone is 1. The highest BCUT2D eigenvalue weighted by Crippen LogP contribution is 2.45. The molecule has 1 aromatic heterocycles. The van der Waals surface area contributed by atoms with Crippen LogP contribution in [0.2, 0.25) is 0 Å². The Kier molecular flexibility index (Phi) is 8.12. The van der Waals surface area contributed by atoms with Crippen molar-refractivity contribution in [2.75, 3.05) is 6.61 Å². The first-order valence-electron chi connectivity index (χ1n) is 14.8. The Morgan fingerprint density at radius 2 is 1.78 bits per heavy atom. The van der Waals surface area contributed by atoms with Gasteiger partial charge in [-0.3, -0.25) is 0 Å². The summed E-state index contributed by atoms with van der Waals surface area (Å²) in [5.74, 6) is -0.172. The Morgan fingerprint density at radius 1 is 0.978 bits per heavy atom. The molecule has 1 aliphatic rings. The molecule has 6 rings (SSSR count). The number of nitrogens with two attached hydrogens (primary N) is 1. The molecule has 0 saturated heterocycles. The van der Waals surface area contributed by atoms with Crippen LogP contribution in [-0.2, 0) is 6.61 Å². The van der Waals surface area contributed by atoms with E-state index >= 15 is 0 Å². The van der Waals surface area contributed by atoms with E-state index in [4.69, 9.17) is 29.1 Å². The largest absolute Gasteiger partial charge is 0.490 e. The zero-order valence-electron chi connectivity index (χ0n) is 25.8. The van der Waals surface area contributed by atoms with E-state index in [0.717, 1.165) is 16.5 Å². The normalized spacial score (nSPS) is 14.0. The lowest BCUT2D eigenvalue weighted by Crippen LogP contribution is -2.21. The molecule has 5 aromatic rings. The number of ether oxygens (including phenoxy) is 4. The van der Waals surface area contributed by atoms with Crippen molar-refractivity contribution >= 4 is 16.9 Å². The van der Waals surface area contributed by atoms with E-state index in [1.807, 2.05) is 39.8 Å². The monoisotopic (exact) mass is 618 g/mol. The van der Waals surface area contributed by atoms with Crippen molar-refractivity contribution in [3.05, 3.63) is 129 Å². The number of hydrogen-bond donors (Lipinski definition) is 1. The van der Waals surface area contributed by atoms with Crippen molar-refractivity contribution < 1.29 is 32.5 Å². The fourth-order valence-corrected chi connectivity index (χ4v) is 5.57. The van der Waals surface area contributed by atoms with Gasteiger partial charge in [0.05, 0.1) is 12.5 Å². The van der Waals surface area contributed by atoms with Crippen LogP contribution in [0.1, 0.15) is 56.8 Å². The number of rotatable bonds is 8. The van der Waals surface area contributed by atoms with Gasteiger partial charge in [-0.1, -0.05) is 42.5 Å². The number of carbonyl (C=O) groups is 1. The van der Waals surface area contributed by atoms with E-state index in [0.29, 0.717) is 51.7 Å². The van der Waals surface area contributed by atoms with Crippen molar-refractivity contribution in [1.82, 2.24) is 0 Å². The smallest absolute Gasteiger partial charge is 0.379 e. The summed E-state index contributed by atoms with van der Waals surface area (Å²) in [7, 11) is 0. The number of fused-ring (bicyclic) bond motifs is 2. The molecule has 4 aromatic carbocycles. The molecule has 0 bridgehead atoms. The number of carbonyl (C=O) groups excluding carboxylic acids is 1. The average molecular weight is 619 g/mol. The number of nitrogens with zero attached hydrogens (tertiary/aromatic N) is 1. The molecule has 1 aliphatic heterocycles. The van der Waals surface area contributed by atoms with Gasteiger partial charge in [0, 0.05) is 28.1 Å².